The molecule has 0 fully saturated rings. The Labute approximate surface area is 153 Å². The van der Waals surface area contributed by atoms with Gasteiger partial charge in [-0.05, 0) is 61.5 Å². The van der Waals surface area contributed by atoms with E-state index in [4.69, 9.17) is 5.41 Å². The molecule has 8 heteroatoms. The number of hydrogen-bond donors (Lipinski definition) is 1. The molecule has 0 aliphatic carbocycles. The van der Waals surface area contributed by atoms with Gasteiger partial charge in [0.25, 0.3) is 5.91 Å². The van der Waals surface area contributed by atoms with Crippen molar-refractivity contribution in [3.05, 3.63) is 58.7 Å². The highest BCUT2D eigenvalue weighted by Crippen LogP contribution is 2.27. The maximum atomic E-state index is 13.6. The zero-order chi connectivity index (χ0) is 18.4. The first-order valence-electron chi connectivity index (χ1n) is 7.83. The Kier molecular flexibility index (Phi) is 3.84. The maximum Gasteiger partial charge on any atom is 0.283 e. The number of thioether (sulfide) groups is 1. The van der Waals surface area contributed by atoms with Crippen molar-refractivity contribution in [2.75, 3.05) is 0 Å². The summed E-state index contributed by atoms with van der Waals surface area (Å²) in [6.07, 6.45) is 1.64. The number of hydrazone groups is 1. The van der Waals surface area contributed by atoms with Gasteiger partial charge in [-0.1, -0.05) is 6.07 Å². The minimum atomic E-state index is -0.463. The van der Waals surface area contributed by atoms with Crippen LogP contribution in [0, 0.1) is 25.1 Å². The molecule has 4 rings (SSSR count). The number of amides is 1. The molecule has 2 aliphatic heterocycles. The van der Waals surface area contributed by atoms with E-state index >= 15 is 0 Å². The van der Waals surface area contributed by atoms with E-state index in [0.29, 0.717) is 10.9 Å². The lowest BCUT2D eigenvalue weighted by Gasteiger charge is -2.20. The lowest BCUT2D eigenvalue weighted by Crippen LogP contribution is -2.35. The second-order valence-corrected chi connectivity index (χ2v) is 6.71. The summed E-state index contributed by atoms with van der Waals surface area (Å²) in [4.78, 5) is 16.3. The fourth-order valence-corrected chi connectivity index (χ4v) is 3.65. The third kappa shape index (κ3) is 2.59. The Morgan fingerprint density at radius 3 is 2.85 bits per heavy atom. The first kappa shape index (κ1) is 16.5. The number of halogens is 1. The van der Waals surface area contributed by atoms with Gasteiger partial charge in [0, 0.05) is 17.1 Å². The van der Waals surface area contributed by atoms with E-state index in [1.165, 1.54) is 28.9 Å². The van der Waals surface area contributed by atoms with Gasteiger partial charge in [0.2, 0.25) is 0 Å². The van der Waals surface area contributed by atoms with Gasteiger partial charge in [0.15, 0.2) is 11.0 Å². The van der Waals surface area contributed by atoms with Crippen molar-refractivity contribution in [3.63, 3.8) is 0 Å². The molecule has 2 aliphatic rings. The molecule has 0 bridgehead atoms. The van der Waals surface area contributed by atoms with Crippen LogP contribution >= 0.6 is 11.8 Å². The molecule has 3 heterocycles. The van der Waals surface area contributed by atoms with Gasteiger partial charge in [-0.3, -0.25) is 10.2 Å². The number of aryl methyl sites for hydroxylation is 1. The highest BCUT2D eigenvalue weighted by atomic mass is 32.2. The third-order valence-electron chi connectivity index (χ3n) is 4.23. The van der Waals surface area contributed by atoms with Crippen LogP contribution in [0.3, 0.4) is 0 Å². The Bertz CT molecular complexity index is 1050. The maximum absolute atomic E-state index is 13.6. The van der Waals surface area contributed by atoms with E-state index in [1.807, 2.05) is 30.5 Å². The average molecular weight is 367 g/mol. The number of nitrogens with one attached hydrogen (secondary N) is 1. The molecule has 0 spiro atoms. The van der Waals surface area contributed by atoms with Gasteiger partial charge >= 0.3 is 0 Å². The largest absolute Gasteiger partial charge is 0.318 e. The fraction of sp³-hybridized carbons (Fsp3) is 0.111. The number of carbonyl (C=O) groups is 1. The number of carbonyl (C=O) groups excluding carboxylic acids is 1. The molecule has 0 atom stereocenters. The molecule has 1 aromatic carbocycles. The lowest BCUT2D eigenvalue weighted by molar-refractivity contribution is -0.114. The van der Waals surface area contributed by atoms with Gasteiger partial charge in [-0.25, -0.2) is 4.39 Å². The molecular formula is C18H14FN5OS. The van der Waals surface area contributed by atoms with Crippen LogP contribution in [-0.2, 0) is 4.79 Å². The van der Waals surface area contributed by atoms with Gasteiger partial charge in [0.1, 0.15) is 5.82 Å². The van der Waals surface area contributed by atoms with Crippen molar-refractivity contribution in [2.45, 2.75) is 13.8 Å². The summed E-state index contributed by atoms with van der Waals surface area (Å²) in [5.41, 5.74) is 4.93. The quantitative estimate of drug-likeness (QED) is 0.826. The number of benzene rings is 1. The van der Waals surface area contributed by atoms with Crippen LogP contribution in [-0.4, -0.2) is 32.0 Å². The molecule has 1 aromatic heterocycles. The van der Waals surface area contributed by atoms with E-state index in [1.54, 1.807) is 17.7 Å². The van der Waals surface area contributed by atoms with E-state index in [9.17, 15) is 9.18 Å². The second kappa shape index (κ2) is 6.06. The first-order valence-corrected chi connectivity index (χ1v) is 8.71. The van der Waals surface area contributed by atoms with Crippen LogP contribution in [0.1, 0.15) is 17.0 Å². The Hall–Kier alpha value is -3.00. The van der Waals surface area contributed by atoms with Gasteiger partial charge < -0.3 is 4.57 Å². The van der Waals surface area contributed by atoms with Crippen LogP contribution in [0.25, 0.3) is 11.8 Å². The number of amidine groups is 2. The normalized spacial score (nSPS) is 17.9. The molecule has 0 radical (unpaired) electrons. The summed E-state index contributed by atoms with van der Waals surface area (Å²) in [5.74, 6) is -0.781. The van der Waals surface area contributed by atoms with Gasteiger partial charge in [0.05, 0.1) is 11.1 Å². The standard InChI is InChI=1S/C18H14FN5OS/c1-10-6-12(11(2)23(10)14-5-3-4-13(19)8-14)7-15-16(20)24-18(22-17(15)25)26-9-21-24/h3-9,20H,1-2H3/b15-7+,20-16?. The lowest BCUT2D eigenvalue weighted by atomic mass is 10.1. The Balaban J connectivity index is 1.79. The van der Waals surface area contributed by atoms with E-state index in [0.717, 1.165) is 17.0 Å². The molecule has 6 nitrogen and oxygen atoms in total. The molecule has 130 valence electrons. The van der Waals surface area contributed by atoms with Crippen LogP contribution in [0.4, 0.5) is 4.39 Å². The van der Waals surface area contributed by atoms with Crippen molar-refractivity contribution in [3.8, 4) is 5.69 Å². The van der Waals surface area contributed by atoms with E-state index in [-0.39, 0.29) is 17.2 Å². The molecule has 26 heavy (non-hydrogen) atoms. The van der Waals surface area contributed by atoms with Crippen molar-refractivity contribution in [2.24, 2.45) is 10.1 Å². The smallest absolute Gasteiger partial charge is 0.283 e. The highest BCUT2D eigenvalue weighted by molar-refractivity contribution is 8.25. The first-order chi connectivity index (χ1) is 12.5. The number of hydrogen-bond acceptors (Lipinski definition) is 4. The SMILES string of the molecule is Cc1cc(/C=C2\C(=N)N3N=CSC3=NC2=O)c(C)n1-c1cccc(F)c1. The van der Waals surface area contributed by atoms with Crippen LogP contribution < -0.4 is 0 Å². The van der Waals surface area contributed by atoms with Gasteiger partial charge in [-0.2, -0.15) is 15.1 Å². The number of rotatable bonds is 2. The molecule has 0 saturated heterocycles. The predicted octanol–water partition coefficient (Wildman–Crippen LogP) is 3.48. The molecule has 0 unspecified atom stereocenters. The van der Waals surface area contributed by atoms with Gasteiger partial charge in [-0.15, -0.1) is 0 Å². The van der Waals surface area contributed by atoms with E-state index < -0.39 is 5.91 Å². The van der Waals surface area contributed by atoms with Crippen molar-refractivity contribution >= 4 is 40.3 Å². The molecule has 2 aromatic rings. The zero-order valence-electron chi connectivity index (χ0n) is 14.0. The van der Waals surface area contributed by atoms with Crippen LogP contribution in [0.15, 0.2) is 46.0 Å². The number of nitrogens with zero attached hydrogens (tertiary/aromatic N) is 4. The summed E-state index contributed by atoms with van der Waals surface area (Å²) in [6, 6.07) is 8.22. The molecule has 0 saturated carbocycles. The molecule has 1 N–H and O–H groups in total. The average Bonchev–Trinajstić information content (AvgIpc) is 3.16. The summed E-state index contributed by atoms with van der Waals surface area (Å²) < 4.78 is 15.5. The molecular weight excluding hydrogens is 353 g/mol. The Morgan fingerprint density at radius 1 is 1.27 bits per heavy atom. The monoisotopic (exact) mass is 367 g/mol. The van der Waals surface area contributed by atoms with E-state index in [2.05, 4.69) is 10.1 Å². The number of aromatic nitrogens is 1. The zero-order valence-corrected chi connectivity index (χ0v) is 14.8. The molecule has 1 amide bonds. The highest BCUT2D eigenvalue weighted by Gasteiger charge is 2.32. The van der Waals surface area contributed by atoms with Crippen LogP contribution in [0.2, 0.25) is 0 Å². The third-order valence-corrected chi connectivity index (χ3v) is 4.91. The Morgan fingerprint density at radius 2 is 2.08 bits per heavy atom. The fourth-order valence-electron chi connectivity index (χ4n) is 3.04. The summed E-state index contributed by atoms with van der Waals surface area (Å²) in [7, 11) is 0. The second-order valence-electron chi connectivity index (χ2n) is 5.90. The number of aliphatic imine (C=N–C) groups is 1. The van der Waals surface area contributed by atoms with Crippen molar-refractivity contribution in [1.82, 2.24) is 9.58 Å². The minimum absolute atomic E-state index is 0.00295. The number of fused-ring (bicyclic) bond motifs is 1. The topological polar surface area (TPSA) is 73.8 Å². The van der Waals surface area contributed by atoms with Crippen molar-refractivity contribution in [1.29, 1.82) is 5.41 Å². The van der Waals surface area contributed by atoms with Crippen molar-refractivity contribution < 1.29 is 9.18 Å². The minimum Gasteiger partial charge on any atom is -0.318 e. The summed E-state index contributed by atoms with van der Waals surface area (Å²) in [6.45, 7) is 3.80. The predicted molar refractivity (Wildman–Crippen MR) is 101 cm³/mol. The summed E-state index contributed by atoms with van der Waals surface area (Å²) in [5, 5.41) is 14.0. The summed E-state index contributed by atoms with van der Waals surface area (Å²) >= 11 is 1.21. The van der Waals surface area contributed by atoms with Crippen LogP contribution in [0.5, 0.6) is 0 Å².